The number of carboxylic acid groups (broad SMARTS) is 1. The molecule has 1 aliphatic heterocycles. The Morgan fingerprint density at radius 3 is 2.92 bits per heavy atom. The Kier molecular flexibility index (Phi) is 1.58. The Labute approximate surface area is 73.5 Å². The summed E-state index contributed by atoms with van der Waals surface area (Å²) in [5.41, 5.74) is 0.181. The van der Waals surface area contributed by atoms with E-state index in [1.807, 2.05) is 0 Å². The van der Waals surface area contributed by atoms with Crippen LogP contribution in [0.3, 0.4) is 0 Å². The van der Waals surface area contributed by atoms with Crippen LogP contribution in [-0.4, -0.2) is 28.0 Å². The van der Waals surface area contributed by atoms with Crippen molar-refractivity contribution < 1.29 is 19.4 Å². The van der Waals surface area contributed by atoms with E-state index in [4.69, 9.17) is 9.84 Å². The second-order valence-corrected chi connectivity index (χ2v) is 2.69. The van der Waals surface area contributed by atoms with E-state index in [9.17, 15) is 9.59 Å². The molecule has 0 aromatic carbocycles. The minimum atomic E-state index is -1.44. The molecule has 0 saturated carbocycles. The van der Waals surface area contributed by atoms with Crippen LogP contribution in [0.2, 0.25) is 0 Å². The lowest BCUT2D eigenvalue weighted by Crippen LogP contribution is -2.16. The van der Waals surface area contributed by atoms with Crippen molar-refractivity contribution in [2.24, 2.45) is 0 Å². The van der Waals surface area contributed by atoms with E-state index >= 15 is 0 Å². The number of carbonyl (C=O) groups is 2. The van der Waals surface area contributed by atoms with Crippen molar-refractivity contribution in [2.75, 3.05) is 6.61 Å². The smallest absolute Gasteiger partial charge is 0.378 e. The highest BCUT2D eigenvalue weighted by Gasteiger charge is 2.23. The van der Waals surface area contributed by atoms with Gasteiger partial charge < -0.3 is 14.4 Å². The molecule has 0 radical (unpaired) electrons. The summed E-state index contributed by atoms with van der Waals surface area (Å²) in [4.78, 5) is 21.5. The number of hydrogen-bond donors (Lipinski definition) is 1. The first kappa shape index (κ1) is 7.85. The quantitative estimate of drug-likeness (QED) is 0.520. The number of carbonyl (C=O) groups excluding carboxylic acids is 1. The highest BCUT2D eigenvalue weighted by molar-refractivity contribution is 6.39. The summed E-state index contributed by atoms with van der Waals surface area (Å²) in [6.45, 7) is 1.03. The number of aromatic nitrogens is 1. The van der Waals surface area contributed by atoms with Gasteiger partial charge >= 0.3 is 5.97 Å². The number of ketones is 1. The molecule has 0 fully saturated rings. The molecule has 0 spiro atoms. The molecule has 2 heterocycles. The summed E-state index contributed by atoms with van der Waals surface area (Å²) in [6, 6.07) is 3.06. The number of rotatable bonds is 2. The molecular formula is C8H7NO4. The zero-order valence-corrected chi connectivity index (χ0v) is 6.69. The Balaban J connectivity index is 2.42. The normalized spacial score (nSPS) is 13.5. The Morgan fingerprint density at radius 1 is 1.46 bits per heavy atom. The van der Waals surface area contributed by atoms with Crippen LogP contribution >= 0.6 is 0 Å². The fraction of sp³-hybridized carbons (Fsp3) is 0.250. The number of fused-ring (bicyclic) bond motifs is 1. The summed E-state index contributed by atoms with van der Waals surface area (Å²) in [5.74, 6) is -1.77. The number of carboxylic acids is 1. The van der Waals surface area contributed by atoms with Crippen LogP contribution in [0.1, 0.15) is 10.5 Å². The van der Waals surface area contributed by atoms with Gasteiger partial charge in [-0.25, -0.2) is 4.79 Å². The maximum absolute atomic E-state index is 11.1. The van der Waals surface area contributed by atoms with Crippen molar-refractivity contribution in [1.29, 1.82) is 0 Å². The first-order chi connectivity index (χ1) is 6.20. The molecule has 1 N–H and O–H groups in total. The summed E-state index contributed by atoms with van der Waals surface area (Å²) < 4.78 is 6.69. The van der Waals surface area contributed by atoms with Crippen LogP contribution in [0.5, 0.6) is 5.88 Å². The first-order valence-corrected chi connectivity index (χ1v) is 3.80. The zero-order valence-electron chi connectivity index (χ0n) is 6.69. The van der Waals surface area contributed by atoms with Crippen LogP contribution in [0.4, 0.5) is 0 Å². The molecule has 13 heavy (non-hydrogen) atoms. The van der Waals surface area contributed by atoms with Crippen molar-refractivity contribution >= 4 is 11.8 Å². The van der Waals surface area contributed by atoms with Crippen molar-refractivity contribution in [1.82, 2.24) is 4.57 Å². The lowest BCUT2D eigenvalue weighted by atomic mass is 10.3. The van der Waals surface area contributed by atoms with Gasteiger partial charge in [-0.1, -0.05) is 0 Å². The van der Waals surface area contributed by atoms with E-state index in [1.54, 1.807) is 10.6 Å². The third kappa shape index (κ3) is 1.09. The fourth-order valence-corrected chi connectivity index (χ4v) is 1.35. The molecule has 1 aromatic rings. The maximum atomic E-state index is 11.1. The van der Waals surface area contributed by atoms with Crippen molar-refractivity contribution in [2.45, 2.75) is 6.54 Å². The van der Waals surface area contributed by atoms with Gasteiger partial charge in [0.1, 0.15) is 6.61 Å². The highest BCUT2D eigenvalue weighted by Crippen LogP contribution is 2.22. The van der Waals surface area contributed by atoms with E-state index in [0.717, 1.165) is 0 Å². The lowest BCUT2D eigenvalue weighted by molar-refractivity contribution is -0.131. The molecule has 5 heteroatoms. The molecule has 2 rings (SSSR count). The number of ether oxygens (including phenoxy) is 1. The van der Waals surface area contributed by atoms with Crippen LogP contribution in [0, 0.1) is 0 Å². The molecule has 0 aliphatic carbocycles. The number of aliphatic carboxylic acids is 1. The Hall–Kier alpha value is -1.78. The second kappa shape index (κ2) is 2.62. The first-order valence-electron chi connectivity index (χ1n) is 3.80. The average Bonchev–Trinajstić information content (AvgIpc) is 2.61. The van der Waals surface area contributed by atoms with Gasteiger partial charge in [0.05, 0.1) is 12.2 Å². The molecule has 1 aliphatic rings. The van der Waals surface area contributed by atoms with E-state index in [2.05, 4.69) is 0 Å². The maximum Gasteiger partial charge on any atom is 0.378 e. The standard InChI is InChI=1S/C8H7NO4/c10-7(8(11)12)5-1-2-6-9(5)3-4-13-6/h1-2H,3-4H2,(H,11,12). The highest BCUT2D eigenvalue weighted by atomic mass is 16.5. The molecule has 1 aromatic heterocycles. The van der Waals surface area contributed by atoms with E-state index in [1.165, 1.54) is 6.07 Å². The van der Waals surface area contributed by atoms with E-state index < -0.39 is 11.8 Å². The predicted molar refractivity (Wildman–Crippen MR) is 41.9 cm³/mol. The minimum Gasteiger partial charge on any atom is -0.477 e. The van der Waals surface area contributed by atoms with Gasteiger partial charge in [-0.15, -0.1) is 0 Å². The number of Topliss-reactive ketones (excluding diaryl/α,β-unsaturated/α-hetero) is 1. The van der Waals surface area contributed by atoms with Gasteiger partial charge in [0, 0.05) is 6.07 Å². The average molecular weight is 181 g/mol. The van der Waals surface area contributed by atoms with Crippen LogP contribution < -0.4 is 4.74 Å². The minimum absolute atomic E-state index is 0.181. The monoisotopic (exact) mass is 181 g/mol. The van der Waals surface area contributed by atoms with E-state index in [-0.39, 0.29) is 5.69 Å². The summed E-state index contributed by atoms with van der Waals surface area (Å²) in [6.07, 6.45) is 0. The van der Waals surface area contributed by atoms with Crippen LogP contribution in [-0.2, 0) is 11.3 Å². The molecule has 68 valence electrons. The predicted octanol–water partition coefficient (Wildman–Crippen LogP) is 0.148. The lowest BCUT2D eigenvalue weighted by Gasteiger charge is -1.98. The molecule has 0 amide bonds. The van der Waals surface area contributed by atoms with Crippen molar-refractivity contribution in [3.05, 3.63) is 17.8 Å². The van der Waals surface area contributed by atoms with Gasteiger partial charge in [0.15, 0.2) is 5.88 Å². The molecule has 5 nitrogen and oxygen atoms in total. The van der Waals surface area contributed by atoms with Gasteiger partial charge in [-0.05, 0) is 6.07 Å². The summed E-state index contributed by atoms with van der Waals surface area (Å²) in [7, 11) is 0. The van der Waals surface area contributed by atoms with Crippen LogP contribution in [0.25, 0.3) is 0 Å². The second-order valence-electron chi connectivity index (χ2n) is 2.69. The Bertz CT molecular complexity index is 379. The SMILES string of the molecule is O=C(O)C(=O)c1ccc2n1CCO2. The Morgan fingerprint density at radius 2 is 2.23 bits per heavy atom. The third-order valence-electron chi connectivity index (χ3n) is 1.93. The van der Waals surface area contributed by atoms with Gasteiger partial charge in [0.2, 0.25) is 0 Å². The zero-order chi connectivity index (χ0) is 9.42. The van der Waals surface area contributed by atoms with E-state index in [0.29, 0.717) is 19.0 Å². The topological polar surface area (TPSA) is 68.5 Å². The van der Waals surface area contributed by atoms with Gasteiger partial charge in [0.25, 0.3) is 5.78 Å². The van der Waals surface area contributed by atoms with Crippen molar-refractivity contribution in [3.63, 3.8) is 0 Å². The third-order valence-corrected chi connectivity index (χ3v) is 1.93. The fourth-order valence-electron chi connectivity index (χ4n) is 1.35. The number of nitrogens with zero attached hydrogens (tertiary/aromatic N) is 1. The molecule has 0 unspecified atom stereocenters. The van der Waals surface area contributed by atoms with Crippen molar-refractivity contribution in [3.8, 4) is 5.88 Å². The number of hydrogen-bond acceptors (Lipinski definition) is 3. The van der Waals surface area contributed by atoms with Gasteiger partial charge in [-0.3, -0.25) is 4.79 Å². The summed E-state index contributed by atoms with van der Waals surface area (Å²) in [5, 5.41) is 8.48. The van der Waals surface area contributed by atoms with Gasteiger partial charge in [-0.2, -0.15) is 0 Å². The summed E-state index contributed by atoms with van der Waals surface area (Å²) >= 11 is 0. The molecule has 0 bridgehead atoms. The van der Waals surface area contributed by atoms with Crippen LogP contribution in [0.15, 0.2) is 12.1 Å². The molecule has 0 atom stereocenters. The molecule has 0 saturated heterocycles. The molecular weight excluding hydrogens is 174 g/mol. The largest absolute Gasteiger partial charge is 0.477 e.